The second-order valence-corrected chi connectivity index (χ2v) is 1.24. The third kappa shape index (κ3) is 9.18. The van der Waals surface area contributed by atoms with E-state index in [1.165, 1.54) is 0 Å². The summed E-state index contributed by atoms with van der Waals surface area (Å²) in [7, 11) is 0. The molecule has 0 bridgehead atoms. The van der Waals surface area contributed by atoms with E-state index in [9.17, 15) is 4.39 Å². The van der Waals surface area contributed by atoms with Crippen molar-refractivity contribution in [2.45, 2.75) is 0 Å². The average molecular weight is 136 g/mol. The van der Waals surface area contributed by atoms with Gasteiger partial charge in [-0.3, -0.25) is 4.21 Å². The van der Waals surface area contributed by atoms with Crippen molar-refractivity contribution in [3.63, 3.8) is 0 Å². The predicted octanol–water partition coefficient (Wildman–Crippen LogP) is -3.20. The van der Waals surface area contributed by atoms with Crippen LogP contribution in [-0.2, 0) is 11.1 Å². The smallest absolute Gasteiger partial charge is 0.770 e. The molecule has 0 N–H and O–H groups in total. The molecule has 0 fully saturated rings. The summed E-state index contributed by atoms with van der Waals surface area (Å²) in [6.45, 7) is 0. The summed E-state index contributed by atoms with van der Waals surface area (Å²) in [4.78, 5) is 0. The molecule has 0 aliphatic rings. The summed E-state index contributed by atoms with van der Waals surface area (Å²) in [5.41, 5.74) is 0. The van der Waals surface area contributed by atoms with Crippen LogP contribution >= 0.6 is 0 Å². The van der Waals surface area contributed by atoms with Crippen LogP contribution in [0.2, 0.25) is 0 Å². The van der Waals surface area contributed by atoms with Gasteiger partial charge >= 0.3 is 51.4 Å². The first kappa shape index (κ1) is 10.6. The van der Waals surface area contributed by atoms with Crippen LogP contribution < -0.4 is 51.4 Å². The maximum Gasteiger partial charge on any atom is 1.00 e. The molecule has 0 aromatic heterocycles. The van der Waals surface area contributed by atoms with Gasteiger partial charge in [0.2, 0.25) is 0 Å². The third-order valence-electron chi connectivity index (χ3n) is 0.0891. The van der Waals surface area contributed by atoms with Crippen molar-refractivity contribution >= 4 is 11.1 Å². The van der Waals surface area contributed by atoms with E-state index in [1.54, 1.807) is 0 Å². The van der Waals surface area contributed by atoms with Crippen LogP contribution in [0.3, 0.4) is 0 Å². The van der Waals surface area contributed by atoms with Gasteiger partial charge in [0, 0.05) is 0 Å². The minimum Gasteiger partial charge on any atom is -0.770 e. The van der Waals surface area contributed by atoms with Gasteiger partial charge in [0.1, 0.15) is 0 Å². The van der Waals surface area contributed by atoms with Gasteiger partial charge in [0.15, 0.2) is 6.01 Å². The summed E-state index contributed by atoms with van der Waals surface area (Å²) >= 11 is -2.49. The molecule has 0 heterocycles. The molecule has 0 amide bonds. The van der Waals surface area contributed by atoms with E-state index in [-0.39, 0.29) is 51.4 Å². The van der Waals surface area contributed by atoms with E-state index in [4.69, 9.17) is 8.76 Å². The summed E-state index contributed by atoms with van der Waals surface area (Å²) in [6.07, 6.45) is 0. The Balaban J connectivity index is 0. The van der Waals surface area contributed by atoms with Crippen molar-refractivity contribution in [2.24, 2.45) is 0 Å². The van der Waals surface area contributed by atoms with E-state index in [2.05, 4.69) is 0 Å². The quantitative estimate of drug-likeness (QED) is 0.281. The molecular formula is CH2FKO2S. The van der Waals surface area contributed by atoms with Crippen molar-refractivity contribution in [3.8, 4) is 0 Å². The fourth-order valence-corrected chi connectivity index (χ4v) is 0. The first-order chi connectivity index (χ1) is 2.27. The van der Waals surface area contributed by atoms with Gasteiger partial charge in [-0.15, -0.1) is 0 Å². The number of hydrogen-bond donors (Lipinski definition) is 0. The monoisotopic (exact) mass is 136 g/mol. The maximum absolute atomic E-state index is 10.5. The molecule has 0 rings (SSSR count). The molecule has 6 heavy (non-hydrogen) atoms. The number of halogens is 1. The van der Waals surface area contributed by atoms with E-state index in [0.717, 1.165) is 0 Å². The van der Waals surface area contributed by atoms with Crippen molar-refractivity contribution in [1.29, 1.82) is 0 Å². The second kappa shape index (κ2) is 6.68. The molecule has 1 atom stereocenters. The van der Waals surface area contributed by atoms with Crippen molar-refractivity contribution < 1.29 is 64.5 Å². The Morgan fingerprint density at radius 3 is 2.00 bits per heavy atom. The van der Waals surface area contributed by atoms with Gasteiger partial charge < -0.3 is 4.55 Å². The molecule has 2 nitrogen and oxygen atoms in total. The van der Waals surface area contributed by atoms with Crippen LogP contribution in [0.4, 0.5) is 4.39 Å². The first-order valence-electron chi connectivity index (χ1n) is 0.889. The SMILES string of the molecule is O=S([O-])CF.[K+]. The van der Waals surface area contributed by atoms with Crippen molar-refractivity contribution in [3.05, 3.63) is 0 Å². The zero-order chi connectivity index (χ0) is 4.28. The van der Waals surface area contributed by atoms with Crippen LogP contribution in [-0.4, -0.2) is 14.8 Å². The second-order valence-electron chi connectivity index (χ2n) is 0.413. The number of rotatable bonds is 1. The summed E-state index contributed by atoms with van der Waals surface area (Å²) in [5.74, 6) is 0. The minimum absolute atomic E-state index is 0. The topological polar surface area (TPSA) is 40.1 Å². The zero-order valence-corrected chi connectivity index (χ0v) is 7.25. The molecule has 0 aliphatic carbocycles. The largest absolute Gasteiger partial charge is 1.00 e. The maximum atomic E-state index is 10.5. The van der Waals surface area contributed by atoms with Crippen LogP contribution in [0.25, 0.3) is 0 Å². The van der Waals surface area contributed by atoms with Gasteiger partial charge in [-0.05, 0) is 11.1 Å². The Morgan fingerprint density at radius 2 is 2.00 bits per heavy atom. The molecule has 0 aromatic carbocycles. The van der Waals surface area contributed by atoms with Crippen LogP contribution in [0.15, 0.2) is 0 Å². The van der Waals surface area contributed by atoms with E-state index >= 15 is 0 Å². The van der Waals surface area contributed by atoms with Gasteiger partial charge in [0.25, 0.3) is 0 Å². The van der Waals surface area contributed by atoms with Crippen LogP contribution in [0.1, 0.15) is 0 Å². The van der Waals surface area contributed by atoms with Crippen molar-refractivity contribution in [1.82, 2.24) is 0 Å². The van der Waals surface area contributed by atoms with E-state index in [1.807, 2.05) is 0 Å². The Morgan fingerprint density at radius 1 is 1.83 bits per heavy atom. The van der Waals surface area contributed by atoms with Crippen molar-refractivity contribution in [2.75, 3.05) is 6.01 Å². The molecular weight excluding hydrogens is 134 g/mol. The van der Waals surface area contributed by atoms with E-state index < -0.39 is 17.1 Å². The molecule has 0 saturated carbocycles. The van der Waals surface area contributed by atoms with E-state index in [0.29, 0.717) is 0 Å². The fraction of sp³-hybridized carbons (Fsp3) is 1.00. The standard InChI is InChI=1S/CH3FO2S.K/c2-1-5(3)4;/h1H2,(H,3,4);/q;+1/p-1. The Labute approximate surface area is 80.2 Å². The Hall–Kier alpha value is 1.68. The molecule has 1 unspecified atom stereocenters. The molecule has 0 aliphatic heterocycles. The predicted molar refractivity (Wildman–Crippen MR) is 14.9 cm³/mol. The summed E-state index contributed by atoms with van der Waals surface area (Å²) in [6, 6.07) is -1.28. The molecule has 0 saturated heterocycles. The minimum atomic E-state index is -2.49. The summed E-state index contributed by atoms with van der Waals surface area (Å²) in [5, 5.41) is 0. The normalized spacial score (nSPS) is 12.3. The molecule has 0 spiro atoms. The Kier molecular flexibility index (Phi) is 11.8. The average Bonchev–Trinajstić information content (AvgIpc) is 1.38. The third-order valence-corrected chi connectivity index (χ3v) is 0.267. The molecule has 5 heteroatoms. The van der Waals surface area contributed by atoms with Crippen LogP contribution in [0, 0.1) is 0 Å². The summed E-state index contributed by atoms with van der Waals surface area (Å²) < 4.78 is 28.5. The zero-order valence-electron chi connectivity index (χ0n) is 3.31. The van der Waals surface area contributed by atoms with Crippen LogP contribution in [0.5, 0.6) is 0 Å². The van der Waals surface area contributed by atoms with Gasteiger partial charge in [-0.2, -0.15) is 0 Å². The molecule has 0 aromatic rings. The Bertz CT molecular complexity index is 48.8. The molecule has 32 valence electrons. The van der Waals surface area contributed by atoms with Gasteiger partial charge in [0.05, 0.1) is 0 Å². The number of alkyl halides is 1. The fourth-order valence-electron chi connectivity index (χ4n) is 0. The first-order valence-corrected chi connectivity index (χ1v) is 2.13. The number of hydrogen-bond acceptors (Lipinski definition) is 2. The van der Waals surface area contributed by atoms with Gasteiger partial charge in [-0.25, -0.2) is 4.39 Å². The molecule has 0 radical (unpaired) electrons. The van der Waals surface area contributed by atoms with Gasteiger partial charge in [-0.1, -0.05) is 0 Å².